The Labute approximate surface area is 242 Å². The fourth-order valence-corrected chi connectivity index (χ4v) is 4.62. The zero-order valence-electron chi connectivity index (χ0n) is 22.6. The molecule has 0 amide bonds. The molecule has 0 spiro atoms. The van der Waals surface area contributed by atoms with Gasteiger partial charge in [-0.3, -0.25) is 14.2 Å². The number of benzene rings is 2. The minimum atomic E-state index is -0.848. The quantitative estimate of drug-likeness (QED) is 0.242. The number of aromatic nitrogens is 6. The van der Waals surface area contributed by atoms with Crippen LogP contribution < -0.4 is 16.0 Å². The van der Waals surface area contributed by atoms with Crippen LogP contribution in [0.5, 0.6) is 11.5 Å². The van der Waals surface area contributed by atoms with Crippen molar-refractivity contribution in [2.75, 3.05) is 0 Å². The summed E-state index contributed by atoms with van der Waals surface area (Å²) in [7, 11) is 0. The molecular weight excluding hydrogens is 558 g/mol. The summed E-state index contributed by atoms with van der Waals surface area (Å²) in [4.78, 5) is 47.9. The van der Waals surface area contributed by atoms with E-state index >= 15 is 4.39 Å². The van der Waals surface area contributed by atoms with E-state index in [2.05, 4.69) is 15.1 Å². The van der Waals surface area contributed by atoms with Crippen LogP contribution in [0.4, 0.5) is 8.78 Å². The van der Waals surface area contributed by atoms with Crippen LogP contribution >= 0.6 is 0 Å². The van der Waals surface area contributed by atoms with Gasteiger partial charge < -0.3 is 4.74 Å². The highest BCUT2D eigenvalue weighted by molar-refractivity contribution is 5.97. The first-order chi connectivity index (χ1) is 20.8. The van der Waals surface area contributed by atoms with Gasteiger partial charge in [0.05, 0.1) is 11.9 Å². The molecule has 4 aromatic heterocycles. The van der Waals surface area contributed by atoms with E-state index in [1.807, 2.05) is 0 Å². The highest BCUT2D eigenvalue weighted by Gasteiger charge is 2.20. The molecule has 0 fully saturated rings. The first kappa shape index (κ1) is 27.4. The lowest BCUT2D eigenvalue weighted by Gasteiger charge is -2.12. The van der Waals surface area contributed by atoms with Crippen LogP contribution in [0.25, 0.3) is 22.6 Å². The van der Waals surface area contributed by atoms with Crippen molar-refractivity contribution < 1.29 is 18.3 Å². The van der Waals surface area contributed by atoms with Gasteiger partial charge in [0.1, 0.15) is 16.9 Å². The summed E-state index contributed by atoms with van der Waals surface area (Å²) < 4.78 is 38.3. The molecule has 12 heteroatoms. The Kier molecular flexibility index (Phi) is 7.16. The van der Waals surface area contributed by atoms with Crippen LogP contribution in [0, 0.1) is 11.6 Å². The van der Waals surface area contributed by atoms with Crippen molar-refractivity contribution in [3.8, 4) is 28.6 Å². The molecule has 0 atom stereocenters. The Bertz CT molecular complexity index is 2100. The summed E-state index contributed by atoms with van der Waals surface area (Å²) in [6.07, 6.45) is 7.39. The second-order valence-electron chi connectivity index (χ2n) is 9.52. The Morgan fingerprint density at radius 1 is 0.907 bits per heavy atom. The lowest BCUT2D eigenvalue weighted by molar-refractivity contribution is 0.0990. The minimum absolute atomic E-state index is 0.0939. The summed E-state index contributed by atoms with van der Waals surface area (Å²) in [5.41, 5.74) is -0.170. The number of ketones is 1. The molecule has 4 heterocycles. The topological polar surface area (TPSA) is 113 Å². The number of hydrogen-bond acceptors (Lipinski definition) is 7. The van der Waals surface area contributed by atoms with Gasteiger partial charge in [-0.25, -0.2) is 32.6 Å². The Hall–Kier alpha value is -5.78. The van der Waals surface area contributed by atoms with Crippen molar-refractivity contribution in [2.24, 2.45) is 0 Å². The third-order valence-corrected chi connectivity index (χ3v) is 6.76. The van der Waals surface area contributed by atoms with Gasteiger partial charge in [-0.05, 0) is 67.1 Å². The molecular formula is C31H22F2N6O4. The number of ether oxygens (including phenoxy) is 1. The fourth-order valence-electron chi connectivity index (χ4n) is 4.62. The van der Waals surface area contributed by atoms with Crippen LogP contribution in [0.15, 0.2) is 101 Å². The Morgan fingerprint density at radius 2 is 1.67 bits per heavy atom. The molecule has 0 aliphatic heterocycles. The number of carbonyl (C=O) groups excluding carboxylic acids is 1. The summed E-state index contributed by atoms with van der Waals surface area (Å²) >= 11 is 0. The molecule has 0 aliphatic carbocycles. The first-order valence-electron chi connectivity index (χ1n) is 13.2. The van der Waals surface area contributed by atoms with E-state index in [0.29, 0.717) is 22.7 Å². The SMILES string of the molecule is CCn1cc(C(=O)Cc2ccc(Oc3cc(-c4ncccn4)cn4nccc34)c(F)c2)c(=O)n(-c2ccc(F)cc2)c1=O. The van der Waals surface area contributed by atoms with Gasteiger partial charge in [-0.2, -0.15) is 5.10 Å². The van der Waals surface area contributed by atoms with E-state index in [9.17, 15) is 18.8 Å². The molecule has 0 unspecified atom stereocenters. The number of pyridine rings is 1. The van der Waals surface area contributed by atoms with Gasteiger partial charge in [0.2, 0.25) is 0 Å². The van der Waals surface area contributed by atoms with Crippen molar-refractivity contribution in [3.05, 3.63) is 135 Å². The minimum Gasteiger partial charge on any atom is -0.452 e. The molecule has 43 heavy (non-hydrogen) atoms. The van der Waals surface area contributed by atoms with Crippen molar-refractivity contribution in [2.45, 2.75) is 19.9 Å². The Morgan fingerprint density at radius 3 is 2.40 bits per heavy atom. The van der Waals surface area contributed by atoms with Gasteiger partial charge in [0.25, 0.3) is 5.56 Å². The average Bonchev–Trinajstić information content (AvgIpc) is 3.49. The van der Waals surface area contributed by atoms with E-state index in [-0.39, 0.29) is 35.5 Å². The predicted octanol–water partition coefficient (Wildman–Crippen LogP) is 4.62. The number of nitrogens with zero attached hydrogens (tertiary/aromatic N) is 6. The number of carbonyl (C=O) groups is 1. The average molecular weight is 581 g/mol. The monoisotopic (exact) mass is 580 g/mol. The maximum Gasteiger partial charge on any atom is 0.335 e. The van der Waals surface area contributed by atoms with E-state index in [0.717, 1.165) is 22.8 Å². The lowest BCUT2D eigenvalue weighted by atomic mass is 10.0. The van der Waals surface area contributed by atoms with Gasteiger partial charge in [0, 0.05) is 43.3 Å². The smallest absolute Gasteiger partial charge is 0.335 e. The van der Waals surface area contributed by atoms with Gasteiger partial charge in [-0.1, -0.05) is 6.07 Å². The maximum absolute atomic E-state index is 15.3. The summed E-state index contributed by atoms with van der Waals surface area (Å²) in [5.74, 6) is -1.23. The molecule has 0 bridgehead atoms. The normalized spacial score (nSPS) is 11.1. The maximum atomic E-state index is 15.3. The molecule has 0 N–H and O–H groups in total. The fraction of sp³-hybridized carbons (Fsp3) is 0.0968. The predicted molar refractivity (Wildman–Crippen MR) is 153 cm³/mol. The van der Waals surface area contributed by atoms with Crippen LogP contribution in [0.1, 0.15) is 22.8 Å². The van der Waals surface area contributed by atoms with Crippen LogP contribution in [0.2, 0.25) is 0 Å². The number of hydrogen-bond donors (Lipinski definition) is 0. The molecule has 0 saturated heterocycles. The number of rotatable bonds is 8. The number of fused-ring (bicyclic) bond motifs is 1. The molecule has 0 aliphatic rings. The standard InChI is InChI=1S/C31H22F2N6O4/c1-2-37-18-23(30(41)39(31(37)42)22-7-5-21(32)6-8-22)26(40)15-19-4-9-27(24(33)14-19)43-28-16-20(29-34-11-3-12-35-29)17-38-25(28)10-13-36-38/h3-14,16-18H,2,15H2,1H3. The van der Waals surface area contributed by atoms with Crippen LogP contribution in [-0.4, -0.2) is 34.5 Å². The van der Waals surface area contributed by atoms with Gasteiger partial charge in [0.15, 0.2) is 28.9 Å². The zero-order valence-corrected chi connectivity index (χ0v) is 22.6. The summed E-state index contributed by atoms with van der Waals surface area (Å²) in [5, 5.41) is 4.24. The zero-order chi connectivity index (χ0) is 30.1. The third-order valence-electron chi connectivity index (χ3n) is 6.76. The second kappa shape index (κ2) is 11.2. The van der Waals surface area contributed by atoms with E-state index in [1.165, 1.54) is 35.0 Å². The van der Waals surface area contributed by atoms with Crippen LogP contribution in [0.3, 0.4) is 0 Å². The number of halogens is 2. The van der Waals surface area contributed by atoms with E-state index < -0.39 is 28.7 Å². The molecule has 0 saturated carbocycles. The molecule has 0 radical (unpaired) electrons. The second-order valence-corrected chi connectivity index (χ2v) is 9.52. The molecule has 10 nitrogen and oxygen atoms in total. The summed E-state index contributed by atoms with van der Waals surface area (Å²) in [6, 6.07) is 13.9. The molecule has 214 valence electrons. The Balaban J connectivity index is 1.29. The number of aryl methyl sites for hydroxylation is 1. The van der Waals surface area contributed by atoms with Crippen molar-refractivity contribution in [1.29, 1.82) is 0 Å². The highest BCUT2D eigenvalue weighted by Crippen LogP contribution is 2.32. The number of Topliss-reactive ketones (excluding diaryl/α,β-unsaturated/α-hetero) is 1. The largest absolute Gasteiger partial charge is 0.452 e. The van der Waals surface area contributed by atoms with Crippen LogP contribution in [-0.2, 0) is 13.0 Å². The molecule has 2 aromatic carbocycles. The van der Waals surface area contributed by atoms with Gasteiger partial charge >= 0.3 is 5.69 Å². The van der Waals surface area contributed by atoms with Crippen molar-refractivity contribution in [1.82, 2.24) is 28.7 Å². The third kappa shape index (κ3) is 5.33. The molecule has 6 rings (SSSR count). The van der Waals surface area contributed by atoms with E-state index in [1.54, 1.807) is 54.4 Å². The van der Waals surface area contributed by atoms with Gasteiger partial charge in [-0.15, -0.1) is 0 Å². The van der Waals surface area contributed by atoms with E-state index in [4.69, 9.17) is 4.74 Å². The first-order valence-corrected chi connectivity index (χ1v) is 13.2. The molecule has 6 aromatic rings. The highest BCUT2D eigenvalue weighted by atomic mass is 19.1. The van der Waals surface area contributed by atoms with Crippen molar-refractivity contribution in [3.63, 3.8) is 0 Å². The summed E-state index contributed by atoms with van der Waals surface area (Å²) in [6.45, 7) is 1.87. The van der Waals surface area contributed by atoms with Crippen molar-refractivity contribution >= 4 is 11.3 Å². The lowest BCUT2D eigenvalue weighted by Crippen LogP contribution is -2.41.